The fraction of sp³-hybridized carbons (Fsp3) is 0.222. The lowest BCUT2D eigenvalue weighted by molar-refractivity contribution is 0.895. The molecule has 1 aromatic carbocycles. The van der Waals surface area contributed by atoms with Crippen LogP contribution < -0.4 is 10.5 Å². The van der Waals surface area contributed by atoms with E-state index in [-0.39, 0.29) is 5.56 Å². The summed E-state index contributed by atoms with van der Waals surface area (Å²) < 4.78 is 3.14. The molecule has 0 atom stereocenters. The normalized spacial score (nSPS) is 14.2. The average Bonchev–Trinajstić information content (AvgIpc) is 3.43. The second kappa shape index (κ2) is 5.85. The molecule has 5 rings (SSSR count). The second-order valence-corrected chi connectivity index (χ2v) is 8.31. The van der Waals surface area contributed by atoms with Crippen molar-refractivity contribution in [1.29, 1.82) is 0 Å². The van der Waals surface area contributed by atoms with Crippen LogP contribution >= 0.6 is 27.3 Å². The fourth-order valence-electron chi connectivity index (χ4n) is 3.14. The van der Waals surface area contributed by atoms with Crippen molar-refractivity contribution in [3.05, 3.63) is 51.7 Å². The van der Waals surface area contributed by atoms with Gasteiger partial charge in [0.15, 0.2) is 0 Å². The number of aromatic nitrogens is 4. The summed E-state index contributed by atoms with van der Waals surface area (Å²) in [6.07, 6.45) is 5.51. The van der Waals surface area contributed by atoms with Crippen LogP contribution in [0.4, 0.5) is 5.82 Å². The van der Waals surface area contributed by atoms with Crippen LogP contribution in [0, 0.1) is 0 Å². The molecule has 0 radical (unpaired) electrons. The highest BCUT2D eigenvalue weighted by Crippen LogP contribution is 2.38. The van der Waals surface area contributed by atoms with E-state index in [1.54, 1.807) is 17.2 Å². The van der Waals surface area contributed by atoms with Gasteiger partial charge in [-0.15, -0.1) is 11.3 Å². The maximum Gasteiger partial charge on any atom is 0.275 e. The quantitative estimate of drug-likeness (QED) is 0.498. The first-order valence-corrected chi connectivity index (χ1v) is 9.88. The van der Waals surface area contributed by atoms with Gasteiger partial charge in [0.05, 0.1) is 11.1 Å². The monoisotopic (exact) mass is 427 g/mol. The van der Waals surface area contributed by atoms with Crippen LogP contribution in [0.2, 0.25) is 0 Å². The molecule has 4 aromatic rings. The Labute approximate surface area is 161 Å². The van der Waals surface area contributed by atoms with Crippen LogP contribution in [-0.4, -0.2) is 32.6 Å². The van der Waals surface area contributed by atoms with Crippen molar-refractivity contribution in [3.8, 4) is 5.69 Å². The van der Waals surface area contributed by atoms with Crippen molar-refractivity contribution in [1.82, 2.24) is 19.5 Å². The maximum absolute atomic E-state index is 13.1. The summed E-state index contributed by atoms with van der Waals surface area (Å²) in [7, 11) is 2.05. The minimum atomic E-state index is -0.0830. The van der Waals surface area contributed by atoms with Crippen LogP contribution in [0.5, 0.6) is 0 Å². The molecule has 130 valence electrons. The summed E-state index contributed by atoms with van der Waals surface area (Å²) in [6, 6.07) is 8.11. The van der Waals surface area contributed by atoms with Crippen LogP contribution in [-0.2, 0) is 0 Å². The first kappa shape index (κ1) is 15.9. The molecule has 1 aliphatic carbocycles. The van der Waals surface area contributed by atoms with Crippen molar-refractivity contribution in [2.45, 2.75) is 18.9 Å². The Morgan fingerprint density at radius 1 is 1.19 bits per heavy atom. The summed E-state index contributed by atoms with van der Waals surface area (Å²) in [5.41, 5.74) is 1.39. The molecule has 0 amide bonds. The molecule has 0 bridgehead atoms. The van der Waals surface area contributed by atoms with Crippen molar-refractivity contribution >= 4 is 53.5 Å². The van der Waals surface area contributed by atoms with Crippen LogP contribution in [0.25, 0.3) is 26.1 Å². The van der Waals surface area contributed by atoms with Crippen molar-refractivity contribution in [3.63, 3.8) is 0 Å². The number of rotatable bonds is 3. The molecule has 1 aliphatic rings. The summed E-state index contributed by atoms with van der Waals surface area (Å²) in [6.45, 7) is 0. The molecule has 6 nitrogen and oxygen atoms in total. The number of anilines is 1. The van der Waals surface area contributed by atoms with E-state index in [1.807, 2.05) is 31.3 Å². The fourth-order valence-corrected chi connectivity index (χ4v) is 4.42. The van der Waals surface area contributed by atoms with E-state index in [1.165, 1.54) is 24.2 Å². The molecular weight excluding hydrogens is 414 g/mol. The molecule has 8 heteroatoms. The highest BCUT2D eigenvalue weighted by molar-refractivity contribution is 9.10. The van der Waals surface area contributed by atoms with Gasteiger partial charge in [-0.25, -0.2) is 15.0 Å². The second-order valence-electron chi connectivity index (χ2n) is 6.40. The van der Waals surface area contributed by atoms with Crippen LogP contribution in [0.3, 0.4) is 0 Å². The lowest BCUT2D eigenvalue weighted by atomic mass is 10.3. The van der Waals surface area contributed by atoms with E-state index in [4.69, 9.17) is 0 Å². The number of halogens is 1. The lowest BCUT2D eigenvalue weighted by Gasteiger charge is -2.17. The molecule has 0 aliphatic heterocycles. The Hall–Kier alpha value is -2.32. The highest BCUT2D eigenvalue weighted by Gasteiger charge is 2.29. The Morgan fingerprint density at radius 3 is 2.69 bits per heavy atom. The van der Waals surface area contributed by atoms with Gasteiger partial charge in [0.25, 0.3) is 5.56 Å². The van der Waals surface area contributed by atoms with Crippen molar-refractivity contribution in [2.24, 2.45) is 0 Å². The minimum Gasteiger partial charge on any atom is -0.356 e. The third-order valence-corrected chi connectivity index (χ3v) is 6.30. The van der Waals surface area contributed by atoms with E-state index in [0.717, 1.165) is 26.2 Å². The number of benzene rings is 1. The van der Waals surface area contributed by atoms with Gasteiger partial charge in [0.2, 0.25) is 0 Å². The van der Waals surface area contributed by atoms with Gasteiger partial charge in [-0.3, -0.25) is 9.36 Å². The predicted octanol–water partition coefficient (Wildman–Crippen LogP) is 3.75. The van der Waals surface area contributed by atoms with Crippen molar-refractivity contribution in [2.75, 3.05) is 11.9 Å². The molecule has 0 spiro atoms. The van der Waals surface area contributed by atoms with E-state index in [2.05, 4.69) is 35.8 Å². The summed E-state index contributed by atoms with van der Waals surface area (Å²) in [4.78, 5) is 29.5. The largest absolute Gasteiger partial charge is 0.356 e. The zero-order chi connectivity index (χ0) is 17.8. The maximum atomic E-state index is 13.1. The van der Waals surface area contributed by atoms with Gasteiger partial charge in [0, 0.05) is 17.6 Å². The molecule has 0 N–H and O–H groups in total. The predicted molar refractivity (Wildman–Crippen MR) is 107 cm³/mol. The SMILES string of the molecule is CN(c1ncnc2sc3c(=O)n(-c4ccc(Br)cc4)cnc3c12)C1CC1. The summed E-state index contributed by atoms with van der Waals surface area (Å²) in [5, 5.41) is 0.877. The number of nitrogens with zero attached hydrogens (tertiary/aromatic N) is 5. The molecule has 3 heterocycles. The van der Waals surface area contributed by atoms with Gasteiger partial charge in [-0.2, -0.15) is 0 Å². The number of hydrogen-bond acceptors (Lipinski definition) is 6. The molecule has 1 saturated carbocycles. The Balaban J connectivity index is 1.76. The Kier molecular flexibility index (Phi) is 3.58. The highest BCUT2D eigenvalue weighted by atomic mass is 79.9. The first-order valence-electron chi connectivity index (χ1n) is 8.27. The van der Waals surface area contributed by atoms with Gasteiger partial charge >= 0.3 is 0 Å². The van der Waals surface area contributed by atoms with E-state index in [9.17, 15) is 4.79 Å². The van der Waals surface area contributed by atoms with Crippen molar-refractivity contribution < 1.29 is 0 Å². The third kappa shape index (κ3) is 2.44. The molecular formula is C18H14BrN5OS. The topological polar surface area (TPSA) is 63.9 Å². The Morgan fingerprint density at radius 2 is 1.96 bits per heavy atom. The molecule has 0 unspecified atom stereocenters. The van der Waals surface area contributed by atoms with Crippen LogP contribution in [0.1, 0.15) is 12.8 Å². The number of hydrogen-bond donors (Lipinski definition) is 0. The van der Waals surface area contributed by atoms with Gasteiger partial charge in [-0.05, 0) is 37.1 Å². The van der Waals surface area contributed by atoms with Gasteiger partial charge < -0.3 is 4.90 Å². The zero-order valence-corrected chi connectivity index (χ0v) is 16.3. The van der Waals surface area contributed by atoms with E-state index in [0.29, 0.717) is 16.3 Å². The number of thiophene rings is 1. The van der Waals surface area contributed by atoms with E-state index < -0.39 is 0 Å². The van der Waals surface area contributed by atoms with E-state index >= 15 is 0 Å². The summed E-state index contributed by atoms with van der Waals surface area (Å²) >= 11 is 4.80. The lowest BCUT2D eigenvalue weighted by Crippen LogP contribution is -2.21. The number of fused-ring (bicyclic) bond motifs is 3. The average molecular weight is 428 g/mol. The smallest absolute Gasteiger partial charge is 0.275 e. The molecule has 1 fully saturated rings. The minimum absolute atomic E-state index is 0.0830. The zero-order valence-electron chi connectivity index (χ0n) is 13.9. The molecule has 0 saturated heterocycles. The third-order valence-electron chi connectivity index (χ3n) is 4.69. The standard InChI is InChI=1S/C18H14BrN5OS/c1-23(11-6-7-11)16-13-14-15(26-17(13)21-8-20-16)18(25)24(9-22-14)12-4-2-10(19)3-5-12/h2-5,8-9,11H,6-7H2,1H3. The van der Waals surface area contributed by atoms with Gasteiger partial charge in [-0.1, -0.05) is 15.9 Å². The Bertz CT molecular complexity index is 1200. The van der Waals surface area contributed by atoms with Crippen LogP contribution in [0.15, 0.2) is 46.2 Å². The molecule has 26 heavy (non-hydrogen) atoms. The molecule has 3 aromatic heterocycles. The summed E-state index contributed by atoms with van der Waals surface area (Å²) in [5.74, 6) is 0.858. The van der Waals surface area contributed by atoms with Gasteiger partial charge in [0.1, 0.15) is 33.5 Å². The first-order chi connectivity index (χ1) is 12.6.